The molecule has 3 heterocycles. The van der Waals surface area contributed by atoms with Crippen LogP contribution in [0.25, 0.3) is 28.2 Å². The minimum absolute atomic E-state index is 0.0992. The van der Waals surface area contributed by atoms with Crippen molar-refractivity contribution in [1.29, 1.82) is 0 Å². The average molecular weight is 524 g/mol. The van der Waals surface area contributed by atoms with Crippen LogP contribution in [0.4, 0.5) is 5.69 Å². The summed E-state index contributed by atoms with van der Waals surface area (Å²) in [6.45, 7) is 2.57. The summed E-state index contributed by atoms with van der Waals surface area (Å²) in [7, 11) is 1.64. The number of para-hydroxylation sites is 1. The number of halogens is 1. The summed E-state index contributed by atoms with van der Waals surface area (Å²) >= 11 is 6.40. The lowest BCUT2D eigenvalue weighted by molar-refractivity contribution is 0.0741. The highest BCUT2D eigenvalue weighted by Crippen LogP contribution is 2.29. The van der Waals surface area contributed by atoms with Crippen LogP contribution in [-0.4, -0.2) is 58.7 Å². The van der Waals surface area contributed by atoms with Gasteiger partial charge in [0.1, 0.15) is 11.4 Å². The number of hydrogen-bond donors (Lipinski definition) is 0. The summed E-state index contributed by atoms with van der Waals surface area (Å²) in [5.41, 5.74) is 5.43. The van der Waals surface area contributed by atoms with E-state index in [1.807, 2.05) is 95.9 Å². The van der Waals surface area contributed by atoms with Gasteiger partial charge in [0.15, 0.2) is 5.65 Å². The van der Waals surface area contributed by atoms with E-state index in [9.17, 15) is 4.79 Å². The molecular weight excluding hydrogens is 498 g/mol. The maximum absolute atomic E-state index is 13.7. The minimum atomic E-state index is -0.0992. The molecular formula is C30H26ClN5O2. The average Bonchev–Trinajstić information content (AvgIpc) is 3.42. The zero-order chi connectivity index (χ0) is 26.1. The molecule has 1 fully saturated rings. The Morgan fingerprint density at radius 1 is 0.842 bits per heavy atom. The van der Waals surface area contributed by atoms with Crippen LogP contribution in [0.3, 0.4) is 0 Å². The third-order valence-electron chi connectivity index (χ3n) is 6.84. The maximum Gasteiger partial charge on any atom is 0.272 e. The van der Waals surface area contributed by atoms with Gasteiger partial charge in [-0.15, -0.1) is 0 Å². The maximum atomic E-state index is 13.7. The van der Waals surface area contributed by atoms with Crippen molar-refractivity contribution >= 4 is 28.8 Å². The van der Waals surface area contributed by atoms with Crippen LogP contribution in [-0.2, 0) is 0 Å². The molecule has 6 rings (SSSR count). The van der Waals surface area contributed by atoms with Crippen LogP contribution in [0.5, 0.6) is 5.75 Å². The number of piperazine rings is 1. The molecule has 1 aliphatic rings. The van der Waals surface area contributed by atoms with Gasteiger partial charge in [0.25, 0.3) is 5.91 Å². The molecule has 7 nitrogen and oxygen atoms in total. The van der Waals surface area contributed by atoms with Crippen LogP contribution < -0.4 is 9.64 Å². The number of benzene rings is 3. The second kappa shape index (κ2) is 10.2. The number of carbonyl (C=O) groups excluding carboxylic acids is 1. The highest BCUT2D eigenvalue weighted by Gasteiger charge is 2.25. The SMILES string of the molecule is COc1cccc(-c2cc(C(=O)N3CCN(c4ccccc4Cl)CC3)nc3cc(-c4ccccc4)nn23)c1. The Bertz CT molecular complexity index is 1610. The molecule has 0 atom stereocenters. The Morgan fingerprint density at radius 2 is 1.58 bits per heavy atom. The van der Waals surface area contributed by atoms with E-state index in [-0.39, 0.29) is 5.91 Å². The summed E-state index contributed by atoms with van der Waals surface area (Å²) in [4.78, 5) is 22.5. The van der Waals surface area contributed by atoms with Gasteiger partial charge in [0.2, 0.25) is 0 Å². The molecule has 0 bridgehead atoms. The number of hydrogen-bond acceptors (Lipinski definition) is 5. The van der Waals surface area contributed by atoms with E-state index in [1.54, 1.807) is 11.6 Å². The van der Waals surface area contributed by atoms with Crippen molar-refractivity contribution in [2.45, 2.75) is 0 Å². The summed E-state index contributed by atoms with van der Waals surface area (Å²) < 4.78 is 7.25. The molecule has 38 heavy (non-hydrogen) atoms. The molecule has 0 aliphatic carbocycles. The number of nitrogens with zero attached hydrogens (tertiary/aromatic N) is 5. The first kappa shape index (κ1) is 24.0. The van der Waals surface area contributed by atoms with E-state index in [0.29, 0.717) is 37.5 Å². The van der Waals surface area contributed by atoms with Gasteiger partial charge in [0, 0.05) is 43.4 Å². The lowest BCUT2D eigenvalue weighted by Gasteiger charge is -2.36. The zero-order valence-electron chi connectivity index (χ0n) is 20.9. The highest BCUT2D eigenvalue weighted by atomic mass is 35.5. The van der Waals surface area contributed by atoms with Crippen molar-refractivity contribution in [2.24, 2.45) is 0 Å². The van der Waals surface area contributed by atoms with Gasteiger partial charge in [-0.1, -0.05) is 66.2 Å². The molecule has 2 aromatic heterocycles. The summed E-state index contributed by atoms with van der Waals surface area (Å²) in [5, 5.41) is 5.57. The van der Waals surface area contributed by atoms with Crippen LogP contribution >= 0.6 is 11.6 Å². The van der Waals surface area contributed by atoms with Gasteiger partial charge in [0.05, 0.1) is 29.2 Å². The second-order valence-electron chi connectivity index (χ2n) is 9.15. The van der Waals surface area contributed by atoms with Crippen molar-refractivity contribution in [1.82, 2.24) is 19.5 Å². The van der Waals surface area contributed by atoms with E-state index in [1.165, 1.54) is 0 Å². The van der Waals surface area contributed by atoms with E-state index in [0.717, 1.165) is 39.0 Å². The first-order valence-corrected chi connectivity index (χ1v) is 12.9. The third kappa shape index (κ3) is 4.57. The van der Waals surface area contributed by atoms with Crippen molar-refractivity contribution in [3.63, 3.8) is 0 Å². The van der Waals surface area contributed by atoms with Gasteiger partial charge in [-0.3, -0.25) is 4.79 Å². The lowest BCUT2D eigenvalue weighted by atomic mass is 10.1. The van der Waals surface area contributed by atoms with Gasteiger partial charge in [-0.25, -0.2) is 9.50 Å². The Balaban J connectivity index is 1.36. The molecule has 0 saturated carbocycles. The monoisotopic (exact) mass is 523 g/mol. The topological polar surface area (TPSA) is 63.0 Å². The Hall–Kier alpha value is -4.36. The van der Waals surface area contributed by atoms with E-state index >= 15 is 0 Å². The first-order valence-electron chi connectivity index (χ1n) is 12.5. The van der Waals surface area contributed by atoms with Crippen molar-refractivity contribution < 1.29 is 9.53 Å². The molecule has 1 saturated heterocycles. The predicted molar refractivity (Wildman–Crippen MR) is 150 cm³/mol. The van der Waals surface area contributed by atoms with E-state index in [4.69, 9.17) is 26.4 Å². The van der Waals surface area contributed by atoms with E-state index < -0.39 is 0 Å². The minimum Gasteiger partial charge on any atom is -0.497 e. The van der Waals surface area contributed by atoms with Crippen LogP contribution in [0, 0.1) is 0 Å². The summed E-state index contributed by atoms with van der Waals surface area (Å²) in [6.07, 6.45) is 0. The molecule has 0 spiro atoms. The number of methoxy groups -OCH3 is 1. The lowest BCUT2D eigenvalue weighted by Crippen LogP contribution is -2.49. The van der Waals surface area contributed by atoms with Crippen LogP contribution in [0.1, 0.15) is 10.5 Å². The smallest absolute Gasteiger partial charge is 0.272 e. The second-order valence-corrected chi connectivity index (χ2v) is 9.56. The molecule has 3 aromatic carbocycles. The van der Waals surface area contributed by atoms with Gasteiger partial charge < -0.3 is 14.5 Å². The summed E-state index contributed by atoms with van der Waals surface area (Å²) in [6, 6.07) is 29.3. The quantitative estimate of drug-likeness (QED) is 0.296. The Kier molecular flexibility index (Phi) is 6.43. The van der Waals surface area contributed by atoms with Crippen molar-refractivity contribution in [2.75, 3.05) is 38.2 Å². The number of ether oxygens (including phenoxy) is 1. The van der Waals surface area contributed by atoms with Gasteiger partial charge >= 0.3 is 0 Å². The largest absolute Gasteiger partial charge is 0.497 e. The molecule has 8 heteroatoms. The van der Waals surface area contributed by atoms with Gasteiger partial charge in [-0.2, -0.15) is 5.10 Å². The van der Waals surface area contributed by atoms with Crippen LogP contribution in [0.2, 0.25) is 5.02 Å². The summed E-state index contributed by atoms with van der Waals surface area (Å²) in [5.74, 6) is 0.629. The molecule has 0 unspecified atom stereocenters. The standard InChI is InChI=1S/C30H26ClN5O2/c1-38-23-11-7-10-22(18-23)28-19-26(32-29-20-25(33-36(28)29)21-8-3-2-4-9-21)30(37)35-16-14-34(15-17-35)27-13-6-5-12-24(27)31/h2-13,18-20H,14-17H2,1H3. The molecule has 1 amide bonds. The molecule has 0 radical (unpaired) electrons. The molecule has 190 valence electrons. The molecule has 0 N–H and O–H groups in total. The fourth-order valence-electron chi connectivity index (χ4n) is 4.84. The number of carbonyl (C=O) groups is 1. The predicted octanol–water partition coefficient (Wildman–Crippen LogP) is 5.69. The number of amides is 1. The van der Waals surface area contributed by atoms with Crippen molar-refractivity contribution in [3.8, 4) is 28.3 Å². The number of fused-ring (bicyclic) bond motifs is 1. The van der Waals surface area contributed by atoms with Crippen molar-refractivity contribution in [3.05, 3.63) is 102 Å². The highest BCUT2D eigenvalue weighted by molar-refractivity contribution is 6.33. The molecule has 5 aromatic rings. The number of rotatable bonds is 5. The zero-order valence-corrected chi connectivity index (χ0v) is 21.7. The fourth-order valence-corrected chi connectivity index (χ4v) is 5.10. The number of anilines is 1. The molecule has 1 aliphatic heterocycles. The Morgan fingerprint density at radius 3 is 2.34 bits per heavy atom. The van der Waals surface area contributed by atoms with Gasteiger partial charge in [-0.05, 0) is 30.3 Å². The number of aromatic nitrogens is 3. The first-order chi connectivity index (χ1) is 18.6. The normalized spacial score (nSPS) is 13.6. The van der Waals surface area contributed by atoms with Crippen LogP contribution in [0.15, 0.2) is 91.0 Å². The fraction of sp³-hybridized carbons (Fsp3) is 0.167. The third-order valence-corrected chi connectivity index (χ3v) is 7.16. The Labute approximate surface area is 225 Å². The van der Waals surface area contributed by atoms with E-state index in [2.05, 4.69) is 4.90 Å².